The molecule has 1 fully saturated rings. The van der Waals surface area contributed by atoms with E-state index in [1.165, 1.54) is 6.07 Å². The number of nitro groups is 1. The summed E-state index contributed by atoms with van der Waals surface area (Å²) in [5, 5.41) is 11.1. The Morgan fingerprint density at radius 3 is 2.89 bits per heavy atom. The summed E-state index contributed by atoms with van der Waals surface area (Å²) in [6.07, 6.45) is 1.73. The summed E-state index contributed by atoms with van der Waals surface area (Å²) in [6, 6.07) is 4.77. The van der Waals surface area contributed by atoms with Gasteiger partial charge in [-0.2, -0.15) is 0 Å². The maximum atomic E-state index is 12.4. The molecule has 1 aromatic rings. The number of para-hydroxylation sites is 1. The van der Waals surface area contributed by atoms with E-state index in [2.05, 4.69) is 0 Å². The Kier molecular flexibility index (Phi) is 3.80. The molecular weight excluding hydrogens is 246 g/mol. The molecule has 2 rings (SSSR count). The van der Waals surface area contributed by atoms with Gasteiger partial charge in [0.1, 0.15) is 5.56 Å². The van der Waals surface area contributed by atoms with Gasteiger partial charge >= 0.3 is 0 Å². The molecule has 0 spiro atoms. The number of piperidine rings is 1. The molecule has 19 heavy (non-hydrogen) atoms. The molecular formula is C13H17N3O3. The minimum absolute atomic E-state index is 0.0402. The number of aryl methyl sites for hydroxylation is 1. The van der Waals surface area contributed by atoms with Crippen molar-refractivity contribution in [1.82, 2.24) is 4.90 Å². The van der Waals surface area contributed by atoms with Crippen LogP contribution in [0, 0.1) is 17.0 Å². The lowest BCUT2D eigenvalue weighted by molar-refractivity contribution is -0.385. The minimum Gasteiger partial charge on any atom is -0.337 e. The molecule has 2 N–H and O–H groups in total. The summed E-state index contributed by atoms with van der Waals surface area (Å²) in [6.45, 7) is 2.71. The molecule has 1 heterocycles. The molecule has 1 atom stereocenters. The minimum atomic E-state index is -0.494. The maximum absolute atomic E-state index is 12.4. The molecule has 0 aliphatic carbocycles. The van der Waals surface area contributed by atoms with Crippen molar-refractivity contribution in [2.45, 2.75) is 25.8 Å². The van der Waals surface area contributed by atoms with E-state index in [4.69, 9.17) is 5.73 Å². The van der Waals surface area contributed by atoms with Crippen LogP contribution in [0.4, 0.5) is 5.69 Å². The SMILES string of the molecule is Cc1cccc(C(=O)N2CCCC(N)C2)c1[N+](=O)[O-]. The van der Waals surface area contributed by atoms with Crippen molar-refractivity contribution >= 4 is 11.6 Å². The van der Waals surface area contributed by atoms with Crippen LogP contribution in [0.2, 0.25) is 0 Å². The Morgan fingerprint density at radius 1 is 1.53 bits per heavy atom. The number of likely N-dealkylation sites (tertiary alicyclic amines) is 1. The molecule has 1 aliphatic rings. The first-order valence-corrected chi connectivity index (χ1v) is 6.29. The lowest BCUT2D eigenvalue weighted by atomic mass is 10.0. The van der Waals surface area contributed by atoms with Gasteiger partial charge in [-0.1, -0.05) is 12.1 Å². The van der Waals surface area contributed by atoms with Gasteiger partial charge in [0, 0.05) is 24.7 Å². The van der Waals surface area contributed by atoms with E-state index in [0.717, 1.165) is 12.8 Å². The van der Waals surface area contributed by atoms with Crippen LogP contribution in [0.25, 0.3) is 0 Å². The van der Waals surface area contributed by atoms with Crippen LogP contribution in [-0.2, 0) is 0 Å². The van der Waals surface area contributed by atoms with Crippen LogP contribution in [0.1, 0.15) is 28.8 Å². The number of benzene rings is 1. The molecule has 1 aliphatic heterocycles. The molecule has 0 aromatic heterocycles. The number of carbonyl (C=O) groups excluding carboxylic acids is 1. The van der Waals surface area contributed by atoms with Gasteiger partial charge in [-0.15, -0.1) is 0 Å². The number of amides is 1. The summed E-state index contributed by atoms with van der Waals surface area (Å²) >= 11 is 0. The normalized spacial score (nSPS) is 19.3. The molecule has 0 radical (unpaired) electrons. The predicted octanol–water partition coefficient (Wildman–Crippen LogP) is 1.47. The second-order valence-corrected chi connectivity index (χ2v) is 4.88. The molecule has 1 aromatic carbocycles. The number of nitrogens with zero attached hydrogens (tertiary/aromatic N) is 2. The second-order valence-electron chi connectivity index (χ2n) is 4.88. The Hall–Kier alpha value is -1.95. The number of carbonyl (C=O) groups is 1. The highest BCUT2D eigenvalue weighted by atomic mass is 16.6. The number of rotatable bonds is 2. The van der Waals surface area contributed by atoms with E-state index in [-0.39, 0.29) is 23.2 Å². The summed E-state index contributed by atoms with van der Waals surface area (Å²) < 4.78 is 0. The van der Waals surface area contributed by atoms with Crippen LogP contribution >= 0.6 is 0 Å². The van der Waals surface area contributed by atoms with Gasteiger partial charge in [0.05, 0.1) is 4.92 Å². The van der Waals surface area contributed by atoms with Gasteiger partial charge in [-0.05, 0) is 25.8 Å². The van der Waals surface area contributed by atoms with E-state index in [1.54, 1.807) is 24.0 Å². The third kappa shape index (κ3) is 2.73. The van der Waals surface area contributed by atoms with Gasteiger partial charge in [-0.3, -0.25) is 14.9 Å². The molecule has 1 unspecified atom stereocenters. The molecule has 0 saturated carbocycles. The first-order chi connectivity index (χ1) is 9.00. The Balaban J connectivity index is 2.33. The molecule has 102 valence electrons. The Labute approximate surface area is 111 Å². The van der Waals surface area contributed by atoms with E-state index in [1.807, 2.05) is 0 Å². The van der Waals surface area contributed by atoms with Crippen molar-refractivity contribution in [3.8, 4) is 0 Å². The van der Waals surface area contributed by atoms with Gasteiger partial charge in [0.15, 0.2) is 0 Å². The van der Waals surface area contributed by atoms with E-state index in [9.17, 15) is 14.9 Å². The Morgan fingerprint density at radius 2 is 2.26 bits per heavy atom. The lowest BCUT2D eigenvalue weighted by Gasteiger charge is -2.30. The third-order valence-corrected chi connectivity index (χ3v) is 3.40. The highest BCUT2D eigenvalue weighted by molar-refractivity contribution is 5.98. The zero-order chi connectivity index (χ0) is 14.0. The quantitative estimate of drug-likeness (QED) is 0.646. The molecule has 6 heteroatoms. The fraction of sp³-hybridized carbons (Fsp3) is 0.462. The average molecular weight is 263 g/mol. The van der Waals surface area contributed by atoms with Crippen molar-refractivity contribution < 1.29 is 9.72 Å². The monoisotopic (exact) mass is 263 g/mol. The molecule has 1 amide bonds. The van der Waals surface area contributed by atoms with Crippen molar-refractivity contribution in [2.75, 3.05) is 13.1 Å². The van der Waals surface area contributed by atoms with Crippen molar-refractivity contribution in [1.29, 1.82) is 0 Å². The standard InChI is InChI=1S/C13H17N3O3/c1-9-4-2-6-11(12(9)16(18)19)13(17)15-7-3-5-10(14)8-15/h2,4,6,10H,3,5,7-8,14H2,1H3. The third-order valence-electron chi connectivity index (χ3n) is 3.40. The van der Waals surface area contributed by atoms with Crippen LogP contribution < -0.4 is 5.73 Å². The summed E-state index contributed by atoms with van der Waals surface area (Å²) in [4.78, 5) is 24.6. The fourth-order valence-corrected chi connectivity index (χ4v) is 2.44. The topological polar surface area (TPSA) is 89.5 Å². The average Bonchev–Trinajstić information content (AvgIpc) is 2.37. The van der Waals surface area contributed by atoms with Gasteiger partial charge in [-0.25, -0.2) is 0 Å². The predicted molar refractivity (Wildman–Crippen MR) is 70.9 cm³/mol. The van der Waals surface area contributed by atoms with Crippen molar-refractivity contribution in [3.05, 3.63) is 39.4 Å². The molecule has 0 bridgehead atoms. The number of nitrogens with two attached hydrogens (primary N) is 1. The summed E-state index contributed by atoms with van der Waals surface area (Å²) in [5.41, 5.74) is 6.39. The second kappa shape index (κ2) is 5.36. The zero-order valence-corrected chi connectivity index (χ0v) is 10.8. The fourth-order valence-electron chi connectivity index (χ4n) is 2.44. The maximum Gasteiger partial charge on any atom is 0.285 e. The van der Waals surface area contributed by atoms with Crippen LogP contribution in [0.3, 0.4) is 0 Å². The Bertz CT molecular complexity index is 516. The van der Waals surface area contributed by atoms with Crippen molar-refractivity contribution in [2.24, 2.45) is 5.73 Å². The van der Waals surface area contributed by atoms with E-state index >= 15 is 0 Å². The smallest absolute Gasteiger partial charge is 0.285 e. The largest absolute Gasteiger partial charge is 0.337 e. The van der Waals surface area contributed by atoms with Gasteiger partial charge in [0.2, 0.25) is 0 Å². The van der Waals surface area contributed by atoms with Crippen molar-refractivity contribution in [3.63, 3.8) is 0 Å². The van der Waals surface area contributed by atoms with Gasteiger partial charge in [0.25, 0.3) is 11.6 Å². The van der Waals surface area contributed by atoms with Crippen LogP contribution in [0.15, 0.2) is 18.2 Å². The first kappa shape index (κ1) is 13.5. The lowest BCUT2D eigenvalue weighted by Crippen LogP contribution is -2.45. The first-order valence-electron chi connectivity index (χ1n) is 6.29. The van der Waals surface area contributed by atoms with Crippen LogP contribution in [0.5, 0.6) is 0 Å². The van der Waals surface area contributed by atoms with E-state index < -0.39 is 4.92 Å². The molecule has 6 nitrogen and oxygen atoms in total. The van der Waals surface area contributed by atoms with Gasteiger partial charge < -0.3 is 10.6 Å². The highest BCUT2D eigenvalue weighted by Crippen LogP contribution is 2.25. The summed E-state index contributed by atoms with van der Waals surface area (Å²) in [7, 11) is 0. The highest BCUT2D eigenvalue weighted by Gasteiger charge is 2.28. The van der Waals surface area contributed by atoms with Crippen LogP contribution in [-0.4, -0.2) is 34.9 Å². The number of hydrogen-bond donors (Lipinski definition) is 1. The summed E-state index contributed by atoms with van der Waals surface area (Å²) in [5.74, 6) is -0.300. The number of nitro benzene ring substituents is 1. The van der Waals surface area contributed by atoms with E-state index in [0.29, 0.717) is 18.7 Å². The zero-order valence-electron chi connectivity index (χ0n) is 10.8. The molecule has 1 saturated heterocycles. The number of hydrogen-bond acceptors (Lipinski definition) is 4.